The van der Waals surface area contributed by atoms with Crippen molar-refractivity contribution < 1.29 is 0 Å². The average molecular weight is 194 g/mol. The van der Waals surface area contributed by atoms with Gasteiger partial charge in [-0.25, -0.2) is 0 Å². The van der Waals surface area contributed by atoms with Crippen molar-refractivity contribution in [3.8, 4) is 0 Å². The van der Waals surface area contributed by atoms with Crippen molar-refractivity contribution in [2.75, 3.05) is 0 Å². The van der Waals surface area contributed by atoms with E-state index in [1.165, 1.54) is 16.3 Å². The summed E-state index contributed by atoms with van der Waals surface area (Å²) in [7, 11) is 0. The lowest BCUT2D eigenvalue weighted by molar-refractivity contribution is 1.30. The van der Waals surface area contributed by atoms with Crippen LogP contribution in [-0.2, 0) is 0 Å². The minimum absolute atomic E-state index is 0.966. The smallest absolute Gasteiger partial charge is 0.0965 e. The minimum atomic E-state index is 0.966. The summed E-state index contributed by atoms with van der Waals surface area (Å²) in [6.45, 7) is 2.11. The van der Waals surface area contributed by atoms with Gasteiger partial charge in [-0.15, -0.1) is 0 Å². The van der Waals surface area contributed by atoms with E-state index in [4.69, 9.17) is 0 Å². The molecule has 15 heavy (non-hydrogen) atoms. The van der Waals surface area contributed by atoms with Crippen LogP contribution in [0.4, 0.5) is 0 Å². The Hall–Kier alpha value is -1.96. The van der Waals surface area contributed by atoms with Crippen LogP contribution in [-0.4, -0.2) is 9.97 Å². The summed E-state index contributed by atoms with van der Waals surface area (Å²) in [5.74, 6) is 0. The standard InChI is InChI=1S/C13H10N2/c1-9-8-12-13(15-7-6-14-12)11-5-3-2-4-10(9)11/h2-8H,1H3. The highest BCUT2D eigenvalue weighted by molar-refractivity contribution is 6.05. The van der Waals surface area contributed by atoms with Gasteiger partial charge in [0.15, 0.2) is 0 Å². The van der Waals surface area contributed by atoms with Gasteiger partial charge in [0, 0.05) is 17.8 Å². The fourth-order valence-corrected chi connectivity index (χ4v) is 1.98. The van der Waals surface area contributed by atoms with Crippen LogP contribution in [0.1, 0.15) is 5.56 Å². The monoisotopic (exact) mass is 194 g/mol. The summed E-state index contributed by atoms with van der Waals surface area (Å²) >= 11 is 0. The number of hydrogen-bond acceptors (Lipinski definition) is 2. The Labute approximate surface area is 87.6 Å². The molecule has 0 amide bonds. The van der Waals surface area contributed by atoms with Crippen molar-refractivity contribution >= 4 is 21.8 Å². The molecule has 0 aliphatic carbocycles. The van der Waals surface area contributed by atoms with Crippen molar-refractivity contribution in [3.05, 3.63) is 48.3 Å². The Kier molecular flexibility index (Phi) is 1.68. The molecule has 2 nitrogen and oxygen atoms in total. The number of fused-ring (bicyclic) bond motifs is 3. The lowest BCUT2D eigenvalue weighted by Crippen LogP contribution is -1.86. The molecular weight excluding hydrogens is 184 g/mol. The van der Waals surface area contributed by atoms with Gasteiger partial charge in [0.2, 0.25) is 0 Å². The molecule has 2 aromatic carbocycles. The fourth-order valence-electron chi connectivity index (χ4n) is 1.98. The Bertz CT molecular complexity index is 644. The van der Waals surface area contributed by atoms with Crippen LogP contribution in [0.3, 0.4) is 0 Å². The maximum absolute atomic E-state index is 4.39. The van der Waals surface area contributed by atoms with Crippen molar-refractivity contribution in [1.29, 1.82) is 0 Å². The third-order valence-electron chi connectivity index (χ3n) is 2.69. The molecule has 0 spiro atoms. The highest BCUT2D eigenvalue weighted by Crippen LogP contribution is 2.25. The van der Waals surface area contributed by atoms with Gasteiger partial charge in [-0.3, -0.25) is 9.97 Å². The number of rotatable bonds is 0. The van der Waals surface area contributed by atoms with Crippen molar-refractivity contribution in [1.82, 2.24) is 9.97 Å². The van der Waals surface area contributed by atoms with Crippen molar-refractivity contribution in [2.45, 2.75) is 6.92 Å². The number of aryl methyl sites for hydroxylation is 1. The molecular formula is C13H10N2. The second-order valence-corrected chi connectivity index (χ2v) is 3.66. The second kappa shape index (κ2) is 3.02. The molecule has 3 aromatic rings. The first-order valence-electron chi connectivity index (χ1n) is 4.95. The molecule has 1 heterocycles. The average Bonchev–Trinajstić information content (AvgIpc) is 2.30. The first-order chi connectivity index (χ1) is 7.36. The third-order valence-corrected chi connectivity index (χ3v) is 2.69. The molecule has 0 radical (unpaired) electrons. The van der Waals surface area contributed by atoms with Crippen LogP contribution in [0.2, 0.25) is 0 Å². The molecule has 0 unspecified atom stereocenters. The zero-order chi connectivity index (χ0) is 10.3. The highest BCUT2D eigenvalue weighted by Gasteiger charge is 2.03. The molecule has 0 aliphatic rings. The number of aromatic nitrogens is 2. The van der Waals surface area contributed by atoms with Gasteiger partial charge in [0.05, 0.1) is 11.0 Å². The first-order valence-corrected chi connectivity index (χ1v) is 4.95. The predicted molar refractivity (Wildman–Crippen MR) is 61.8 cm³/mol. The first kappa shape index (κ1) is 8.36. The van der Waals surface area contributed by atoms with Gasteiger partial charge in [-0.05, 0) is 23.9 Å². The Balaban J connectivity index is 2.64. The Morgan fingerprint density at radius 1 is 0.933 bits per heavy atom. The second-order valence-electron chi connectivity index (χ2n) is 3.66. The van der Waals surface area contributed by atoms with E-state index in [1.54, 1.807) is 12.4 Å². The molecule has 0 saturated heterocycles. The zero-order valence-electron chi connectivity index (χ0n) is 8.44. The topological polar surface area (TPSA) is 25.8 Å². The van der Waals surface area contributed by atoms with E-state index in [0.29, 0.717) is 0 Å². The molecule has 0 N–H and O–H groups in total. The zero-order valence-corrected chi connectivity index (χ0v) is 8.44. The molecule has 3 rings (SSSR count). The SMILES string of the molecule is Cc1cc2nccnc2c2ccccc12. The van der Waals surface area contributed by atoms with E-state index in [1.807, 2.05) is 6.07 Å². The van der Waals surface area contributed by atoms with E-state index in [-0.39, 0.29) is 0 Å². The maximum atomic E-state index is 4.39. The van der Waals surface area contributed by atoms with Gasteiger partial charge < -0.3 is 0 Å². The van der Waals surface area contributed by atoms with E-state index in [9.17, 15) is 0 Å². The van der Waals surface area contributed by atoms with Crippen LogP contribution in [0.5, 0.6) is 0 Å². The molecule has 2 heteroatoms. The molecule has 0 aliphatic heterocycles. The van der Waals surface area contributed by atoms with Gasteiger partial charge in [-0.2, -0.15) is 0 Å². The van der Waals surface area contributed by atoms with Crippen molar-refractivity contribution in [3.63, 3.8) is 0 Å². The van der Waals surface area contributed by atoms with Crippen LogP contribution >= 0.6 is 0 Å². The largest absolute Gasteiger partial charge is 0.253 e. The predicted octanol–water partition coefficient (Wildman–Crippen LogP) is 3.09. The lowest BCUT2D eigenvalue weighted by atomic mass is 10.0. The van der Waals surface area contributed by atoms with Crippen LogP contribution in [0.15, 0.2) is 42.7 Å². The molecule has 0 fully saturated rings. The van der Waals surface area contributed by atoms with Gasteiger partial charge in [0.25, 0.3) is 0 Å². The number of nitrogens with zero attached hydrogens (tertiary/aromatic N) is 2. The van der Waals surface area contributed by atoms with E-state index >= 15 is 0 Å². The Morgan fingerprint density at radius 2 is 1.67 bits per heavy atom. The highest BCUT2D eigenvalue weighted by atomic mass is 14.8. The molecule has 72 valence electrons. The van der Waals surface area contributed by atoms with Crippen LogP contribution in [0, 0.1) is 6.92 Å². The maximum Gasteiger partial charge on any atom is 0.0965 e. The van der Waals surface area contributed by atoms with Gasteiger partial charge >= 0.3 is 0 Å². The van der Waals surface area contributed by atoms with Crippen LogP contribution < -0.4 is 0 Å². The molecule has 1 aromatic heterocycles. The fraction of sp³-hybridized carbons (Fsp3) is 0.0769. The Morgan fingerprint density at radius 3 is 2.53 bits per heavy atom. The van der Waals surface area contributed by atoms with Crippen molar-refractivity contribution in [2.24, 2.45) is 0 Å². The molecule has 0 saturated carbocycles. The van der Waals surface area contributed by atoms with Gasteiger partial charge in [0.1, 0.15) is 0 Å². The molecule has 0 bridgehead atoms. The van der Waals surface area contributed by atoms with Crippen LogP contribution in [0.25, 0.3) is 21.8 Å². The summed E-state index contributed by atoms with van der Waals surface area (Å²) in [6.07, 6.45) is 3.47. The summed E-state index contributed by atoms with van der Waals surface area (Å²) < 4.78 is 0. The van der Waals surface area contributed by atoms with Gasteiger partial charge in [-0.1, -0.05) is 24.3 Å². The quantitative estimate of drug-likeness (QED) is 0.514. The lowest BCUT2D eigenvalue weighted by Gasteiger charge is -2.04. The minimum Gasteiger partial charge on any atom is -0.253 e. The summed E-state index contributed by atoms with van der Waals surface area (Å²) in [5, 5.41) is 2.44. The van der Waals surface area contributed by atoms with E-state index in [2.05, 4.69) is 41.2 Å². The number of hydrogen-bond donors (Lipinski definition) is 0. The third kappa shape index (κ3) is 1.18. The van der Waals surface area contributed by atoms with E-state index in [0.717, 1.165) is 11.0 Å². The normalized spacial score (nSPS) is 11.0. The van der Waals surface area contributed by atoms with E-state index < -0.39 is 0 Å². The number of benzene rings is 2. The summed E-state index contributed by atoms with van der Waals surface area (Å²) in [6, 6.07) is 10.4. The molecule has 0 atom stereocenters. The summed E-state index contributed by atoms with van der Waals surface area (Å²) in [5.41, 5.74) is 3.20. The summed E-state index contributed by atoms with van der Waals surface area (Å²) in [4.78, 5) is 8.72.